The molecule has 1 nitrogen and oxygen atoms in total. The van der Waals surface area contributed by atoms with Crippen molar-refractivity contribution in [2.75, 3.05) is 0 Å². The molecule has 1 aromatic carbocycles. The van der Waals surface area contributed by atoms with Gasteiger partial charge < -0.3 is 5.11 Å². The summed E-state index contributed by atoms with van der Waals surface area (Å²) in [5.74, 6) is -1.21. The summed E-state index contributed by atoms with van der Waals surface area (Å²) in [5.41, 5.74) is 0.907. The molecule has 0 aliphatic rings. The van der Waals surface area contributed by atoms with Gasteiger partial charge in [-0.15, -0.1) is 0 Å². The molecule has 0 saturated carbocycles. The lowest BCUT2D eigenvalue weighted by Crippen LogP contribution is -1.96. The highest BCUT2D eigenvalue weighted by molar-refractivity contribution is 5.64. The lowest BCUT2D eigenvalue weighted by molar-refractivity contribution is 0.244. The van der Waals surface area contributed by atoms with Gasteiger partial charge in [0.15, 0.2) is 0 Å². The number of halogens is 2. The Kier molecular flexibility index (Phi) is 3.36. The molecule has 0 fully saturated rings. The van der Waals surface area contributed by atoms with E-state index in [0.29, 0.717) is 11.1 Å². The van der Waals surface area contributed by atoms with Gasteiger partial charge >= 0.3 is 0 Å². The average molecular weight is 198 g/mol. The molecule has 3 heteroatoms. The fourth-order valence-electron chi connectivity index (χ4n) is 1.26. The predicted octanol–water partition coefficient (Wildman–Crippen LogP) is 2.75. The first-order valence-corrected chi connectivity index (χ1v) is 4.32. The molecule has 0 aliphatic heterocycles. The van der Waals surface area contributed by atoms with E-state index in [1.807, 2.05) is 0 Å². The molecule has 0 radical (unpaired) electrons. The molecule has 1 N–H and O–H groups in total. The van der Waals surface area contributed by atoms with Gasteiger partial charge in [-0.05, 0) is 31.6 Å². The third-order valence-corrected chi connectivity index (χ3v) is 1.85. The Morgan fingerprint density at radius 2 is 2.07 bits per heavy atom. The van der Waals surface area contributed by atoms with Crippen molar-refractivity contribution < 1.29 is 13.9 Å². The highest BCUT2D eigenvalue weighted by Crippen LogP contribution is 2.18. The smallest absolute Gasteiger partial charge is 0.133 e. The first-order valence-electron chi connectivity index (χ1n) is 4.32. The SMILES string of the molecule is C/C(=C/C(C)O)c1ccc(F)cc1F. The minimum absolute atomic E-state index is 0.312. The van der Waals surface area contributed by atoms with Gasteiger partial charge in [0.25, 0.3) is 0 Å². The van der Waals surface area contributed by atoms with Gasteiger partial charge in [-0.3, -0.25) is 0 Å². The van der Waals surface area contributed by atoms with Gasteiger partial charge in [-0.25, -0.2) is 8.78 Å². The maximum Gasteiger partial charge on any atom is 0.133 e. The highest BCUT2D eigenvalue weighted by atomic mass is 19.1. The Bertz CT molecular complexity index is 356. The van der Waals surface area contributed by atoms with E-state index in [-0.39, 0.29) is 0 Å². The molecular formula is C11H12F2O. The van der Waals surface area contributed by atoms with Crippen molar-refractivity contribution in [2.24, 2.45) is 0 Å². The standard InChI is InChI=1S/C11H12F2O/c1-7(5-8(2)14)10-4-3-9(12)6-11(10)13/h3-6,8,14H,1-2H3/b7-5-. The van der Waals surface area contributed by atoms with Crippen LogP contribution in [0.5, 0.6) is 0 Å². The Morgan fingerprint density at radius 1 is 1.43 bits per heavy atom. The molecule has 0 bridgehead atoms. The third-order valence-electron chi connectivity index (χ3n) is 1.85. The molecule has 14 heavy (non-hydrogen) atoms. The predicted molar refractivity (Wildman–Crippen MR) is 51.7 cm³/mol. The summed E-state index contributed by atoms with van der Waals surface area (Å²) in [4.78, 5) is 0. The fraction of sp³-hybridized carbons (Fsp3) is 0.273. The molecule has 0 aromatic heterocycles. The molecule has 0 heterocycles. The van der Waals surface area contributed by atoms with Crippen molar-refractivity contribution in [2.45, 2.75) is 20.0 Å². The van der Waals surface area contributed by atoms with E-state index in [1.165, 1.54) is 18.2 Å². The van der Waals surface area contributed by atoms with Gasteiger partial charge in [0, 0.05) is 11.6 Å². The van der Waals surface area contributed by atoms with Gasteiger partial charge in [-0.1, -0.05) is 6.08 Å². The molecular weight excluding hydrogens is 186 g/mol. The van der Waals surface area contributed by atoms with Crippen LogP contribution in [0.25, 0.3) is 5.57 Å². The second-order valence-corrected chi connectivity index (χ2v) is 3.21. The summed E-state index contributed by atoms with van der Waals surface area (Å²) in [6.45, 7) is 3.24. The Hall–Kier alpha value is -1.22. The van der Waals surface area contributed by atoms with Crippen molar-refractivity contribution in [1.82, 2.24) is 0 Å². The van der Waals surface area contributed by atoms with Crippen LogP contribution >= 0.6 is 0 Å². The van der Waals surface area contributed by atoms with Crippen LogP contribution < -0.4 is 0 Å². The van der Waals surface area contributed by atoms with Gasteiger partial charge in [0.2, 0.25) is 0 Å². The second-order valence-electron chi connectivity index (χ2n) is 3.21. The quantitative estimate of drug-likeness (QED) is 0.774. The summed E-state index contributed by atoms with van der Waals surface area (Å²) >= 11 is 0. The van der Waals surface area contributed by atoms with Crippen LogP contribution in [0.4, 0.5) is 8.78 Å². The lowest BCUT2D eigenvalue weighted by Gasteiger charge is -2.04. The molecule has 1 atom stereocenters. The van der Waals surface area contributed by atoms with Crippen molar-refractivity contribution in [1.29, 1.82) is 0 Å². The van der Waals surface area contributed by atoms with E-state index in [9.17, 15) is 8.78 Å². The molecule has 1 aromatic rings. The summed E-state index contributed by atoms with van der Waals surface area (Å²) in [7, 11) is 0. The molecule has 0 saturated heterocycles. The number of benzene rings is 1. The first kappa shape index (κ1) is 10.9. The molecule has 76 valence electrons. The number of aliphatic hydroxyl groups excluding tert-OH is 1. The zero-order valence-electron chi connectivity index (χ0n) is 8.09. The van der Waals surface area contributed by atoms with Crippen molar-refractivity contribution in [3.8, 4) is 0 Å². The van der Waals surface area contributed by atoms with E-state index >= 15 is 0 Å². The molecule has 0 spiro atoms. The number of aliphatic hydroxyl groups is 1. The zero-order valence-corrected chi connectivity index (χ0v) is 8.09. The Balaban J connectivity index is 3.07. The van der Waals surface area contributed by atoms with Crippen molar-refractivity contribution in [3.63, 3.8) is 0 Å². The summed E-state index contributed by atoms with van der Waals surface area (Å²) in [6, 6.07) is 3.38. The fourth-order valence-corrected chi connectivity index (χ4v) is 1.26. The first-order chi connectivity index (χ1) is 6.50. The van der Waals surface area contributed by atoms with E-state index in [1.54, 1.807) is 13.8 Å². The van der Waals surface area contributed by atoms with E-state index < -0.39 is 17.7 Å². The summed E-state index contributed by atoms with van der Waals surface area (Å²) in [5, 5.41) is 9.06. The van der Waals surface area contributed by atoms with Crippen LogP contribution in [0.1, 0.15) is 19.4 Å². The maximum atomic E-state index is 13.2. The second kappa shape index (κ2) is 4.33. The Morgan fingerprint density at radius 3 is 2.57 bits per heavy atom. The third kappa shape index (κ3) is 2.64. The van der Waals surface area contributed by atoms with Crippen molar-refractivity contribution >= 4 is 5.57 Å². The van der Waals surface area contributed by atoms with Crippen LogP contribution in [0.3, 0.4) is 0 Å². The van der Waals surface area contributed by atoms with Crippen LogP contribution in [-0.2, 0) is 0 Å². The number of hydrogen-bond donors (Lipinski definition) is 1. The van der Waals surface area contributed by atoms with Crippen LogP contribution in [0.15, 0.2) is 24.3 Å². The average Bonchev–Trinajstić information content (AvgIpc) is 2.01. The zero-order chi connectivity index (χ0) is 10.7. The van der Waals surface area contributed by atoms with E-state index in [4.69, 9.17) is 5.11 Å². The normalized spacial score (nSPS) is 14.2. The number of allylic oxidation sites excluding steroid dienone is 1. The van der Waals surface area contributed by atoms with Gasteiger partial charge in [0.1, 0.15) is 11.6 Å². The summed E-state index contributed by atoms with van der Waals surface area (Å²) in [6.07, 6.45) is 0.871. The Labute approximate surface area is 81.7 Å². The maximum absolute atomic E-state index is 13.2. The van der Waals surface area contributed by atoms with Gasteiger partial charge in [-0.2, -0.15) is 0 Å². The lowest BCUT2D eigenvalue weighted by atomic mass is 10.1. The summed E-state index contributed by atoms with van der Waals surface area (Å²) < 4.78 is 25.8. The van der Waals surface area contributed by atoms with E-state index in [2.05, 4.69) is 0 Å². The highest BCUT2D eigenvalue weighted by Gasteiger charge is 2.05. The topological polar surface area (TPSA) is 20.2 Å². The van der Waals surface area contributed by atoms with Crippen molar-refractivity contribution in [3.05, 3.63) is 41.5 Å². The minimum atomic E-state index is -0.639. The number of hydrogen-bond acceptors (Lipinski definition) is 1. The van der Waals surface area contributed by atoms with Crippen LogP contribution in [-0.4, -0.2) is 11.2 Å². The minimum Gasteiger partial charge on any atom is -0.389 e. The molecule has 0 amide bonds. The molecule has 1 rings (SSSR count). The largest absolute Gasteiger partial charge is 0.389 e. The van der Waals surface area contributed by atoms with E-state index in [0.717, 1.165) is 6.07 Å². The molecule has 1 unspecified atom stereocenters. The number of rotatable bonds is 2. The molecule has 0 aliphatic carbocycles. The monoisotopic (exact) mass is 198 g/mol. The van der Waals surface area contributed by atoms with Crippen LogP contribution in [0.2, 0.25) is 0 Å². The van der Waals surface area contributed by atoms with Crippen LogP contribution in [0, 0.1) is 11.6 Å². The van der Waals surface area contributed by atoms with Gasteiger partial charge in [0.05, 0.1) is 6.10 Å².